The van der Waals surface area contributed by atoms with Crippen LogP contribution in [0.4, 0.5) is 5.69 Å². The van der Waals surface area contributed by atoms with Crippen molar-refractivity contribution in [3.05, 3.63) is 64.7 Å². The van der Waals surface area contributed by atoms with Gasteiger partial charge >= 0.3 is 0 Å². The summed E-state index contributed by atoms with van der Waals surface area (Å²) in [6, 6.07) is 14.1. The van der Waals surface area contributed by atoms with E-state index in [1.165, 1.54) is 38.5 Å². The molecule has 0 aromatic heterocycles. The monoisotopic (exact) mass is 455 g/mol. The molecule has 2 aromatic carbocycles. The van der Waals surface area contributed by atoms with E-state index in [0.29, 0.717) is 28.4 Å². The summed E-state index contributed by atoms with van der Waals surface area (Å²) in [4.78, 5) is 24.3. The summed E-state index contributed by atoms with van der Waals surface area (Å²) in [7, 11) is 0. The Bertz CT molecular complexity index is 877. The van der Waals surface area contributed by atoms with Crippen molar-refractivity contribution in [2.24, 2.45) is 5.10 Å². The van der Waals surface area contributed by atoms with Gasteiger partial charge in [-0.1, -0.05) is 75.6 Å². The summed E-state index contributed by atoms with van der Waals surface area (Å²) in [5.41, 5.74) is 5.45. The third kappa shape index (κ3) is 9.65. The van der Waals surface area contributed by atoms with Crippen LogP contribution < -0.4 is 10.7 Å². The van der Waals surface area contributed by atoms with E-state index in [0.717, 1.165) is 18.4 Å². The van der Waals surface area contributed by atoms with E-state index in [9.17, 15) is 9.59 Å². The van der Waals surface area contributed by atoms with Crippen molar-refractivity contribution in [1.82, 2.24) is 5.43 Å². The molecule has 0 unspecified atom stereocenters. The first-order valence-electron chi connectivity index (χ1n) is 11.5. The molecule has 2 aromatic rings. The maximum absolute atomic E-state index is 12.3. The normalized spacial score (nSPS) is 11.3. The van der Waals surface area contributed by atoms with Crippen molar-refractivity contribution in [2.45, 2.75) is 71.6 Å². The van der Waals surface area contributed by atoms with Crippen molar-refractivity contribution in [3.63, 3.8) is 0 Å². The van der Waals surface area contributed by atoms with Crippen molar-refractivity contribution in [3.8, 4) is 0 Å². The van der Waals surface area contributed by atoms with Crippen molar-refractivity contribution >= 4 is 34.8 Å². The quantitative estimate of drug-likeness (QED) is 0.194. The molecular formula is C26H34ClN3O2. The number of hydrogen-bond acceptors (Lipinski definition) is 3. The van der Waals surface area contributed by atoms with Gasteiger partial charge in [-0.3, -0.25) is 9.59 Å². The van der Waals surface area contributed by atoms with Gasteiger partial charge in [0.25, 0.3) is 5.91 Å². The molecule has 0 fully saturated rings. The van der Waals surface area contributed by atoms with Crippen molar-refractivity contribution in [1.29, 1.82) is 0 Å². The van der Waals surface area contributed by atoms with E-state index in [1.807, 2.05) is 31.2 Å². The summed E-state index contributed by atoms with van der Waals surface area (Å²) in [6.45, 7) is 4.07. The minimum absolute atomic E-state index is 0.0535. The lowest BCUT2D eigenvalue weighted by molar-refractivity contribution is -0.121. The Morgan fingerprint density at radius 3 is 2.00 bits per heavy atom. The van der Waals surface area contributed by atoms with Crippen LogP contribution in [-0.4, -0.2) is 17.5 Å². The second-order valence-electron chi connectivity index (χ2n) is 8.00. The number of nitrogens with zero attached hydrogens (tertiary/aromatic N) is 1. The predicted molar refractivity (Wildman–Crippen MR) is 133 cm³/mol. The van der Waals surface area contributed by atoms with Gasteiger partial charge in [0.1, 0.15) is 0 Å². The molecule has 0 aliphatic carbocycles. The maximum atomic E-state index is 12.3. The molecule has 6 heteroatoms. The van der Waals surface area contributed by atoms with Gasteiger partial charge in [0.05, 0.1) is 5.71 Å². The third-order valence-electron chi connectivity index (χ3n) is 5.27. The molecule has 0 saturated heterocycles. The predicted octanol–water partition coefficient (Wildman–Crippen LogP) is 6.96. The average molecular weight is 456 g/mol. The first-order valence-corrected chi connectivity index (χ1v) is 11.9. The van der Waals surface area contributed by atoms with E-state index in [2.05, 4.69) is 22.8 Å². The van der Waals surface area contributed by atoms with Crippen LogP contribution in [0.3, 0.4) is 0 Å². The molecule has 0 spiro atoms. The summed E-state index contributed by atoms with van der Waals surface area (Å²) in [5, 5.41) is 7.65. The Kier molecular flexibility index (Phi) is 11.5. The minimum Gasteiger partial charge on any atom is -0.322 e. The highest BCUT2D eigenvalue weighted by Gasteiger charge is 2.07. The molecule has 0 aliphatic rings. The fraction of sp³-hybridized carbons (Fsp3) is 0.423. The molecular weight excluding hydrogens is 422 g/mol. The molecule has 0 saturated carbocycles. The Morgan fingerprint density at radius 1 is 0.812 bits per heavy atom. The molecule has 2 rings (SSSR count). The van der Waals surface area contributed by atoms with E-state index < -0.39 is 0 Å². The van der Waals surface area contributed by atoms with Crippen LogP contribution in [0, 0.1) is 0 Å². The number of rotatable bonds is 13. The van der Waals surface area contributed by atoms with Crippen LogP contribution in [-0.2, 0) is 4.79 Å². The van der Waals surface area contributed by atoms with Gasteiger partial charge in [-0.15, -0.1) is 0 Å². The fourth-order valence-electron chi connectivity index (χ4n) is 3.29. The molecule has 2 amide bonds. The van der Waals surface area contributed by atoms with Crippen LogP contribution in [0.5, 0.6) is 0 Å². The maximum Gasteiger partial charge on any atom is 0.255 e. The number of nitrogens with one attached hydrogen (secondary N) is 2. The molecule has 0 heterocycles. The van der Waals surface area contributed by atoms with Crippen LogP contribution in [0.1, 0.15) is 87.6 Å². The smallest absolute Gasteiger partial charge is 0.255 e. The number of amides is 2. The van der Waals surface area contributed by atoms with Gasteiger partial charge in [0.2, 0.25) is 5.91 Å². The van der Waals surface area contributed by atoms with E-state index in [-0.39, 0.29) is 11.8 Å². The summed E-state index contributed by atoms with van der Waals surface area (Å²) < 4.78 is 0. The van der Waals surface area contributed by atoms with E-state index in [4.69, 9.17) is 11.6 Å². The Balaban J connectivity index is 1.72. The van der Waals surface area contributed by atoms with Gasteiger partial charge in [-0.05, 0) is 55.3 Å². The minimum atomic E-state index is -0.201. The van der Waals surface area contributed by atoms with Gasteiger partial charge in [-0.2, -0.15) is 5.10 Å². The van der Waals surface area contributed by atoms with Gasteiger partial charge < -0.3 is 5.32 Å². The molecule has 32 heavy (non-hydrogen) atoms. The lowest BCUT2D eigenvalue weighted by Gasteiger charge is -2.07. The largest absolute Gasteiger partial charge is 0.322 e. The highest BCUT2D eigenvalue weighted by atomic mass is 35.5. The third-order valence-corrected chi connectivity index (χ3v) is 5.52. The number of hydrogen-bond donors (Lipinski definition) is 2. The molecule has 0 radical (unpaired) electrons. The molecule has 0 aliphatic heterocycles. The number of carbonyl (C=O) groups excluding carboxylic acids is 2. The van der Waals surface area contributed by atoms with Crippen molar-refractivity contribution < 1.29 is 9.59 Å². The molecule has 0 atom stereocenters. The first kappa shape index (κ1) is 25.6. The number of benzene rings is 2. The molecule has 172 valence electrons. The summed E-state index contributed by atoms with van der Waals surface area (Å²) in [6.07, 6.45) is 10.2. The SMILES string of the molecule is CCCCCCCCCCC(=O)N/N=C(/C)c1ccc(NC(=O)c2ccc(Cl)cc2)cc1. The zero-order chi connectivity index (χ0) is 23.2. The number of halogens is 1. The molecule has 0 bridgehead atoms. The van der Waals surface area contributed by atoms with Gasteiger partial charge in [0.15, 0.2) is 0 Å². The number of anilines is 1. The first-order chi connectivity index (χ1) is 15.5. The topological polar surface area (TPSA) is 70.6 Å². The Hall–Kier alpha value is -2.66. The van der Waals surface area contributed by atoms with Crippen LogP contribution >= 0.6 is 11.6 Å². The van der Waals surface area contributed by atoms with Crippen LogP contribution in [0.15, 0.2) is 53.6 Å². The standard InChI is InChI=1S/C26H34ClN3O2/c1-3-4-5-6-7-8-9-10-11-25(31)30-29-20(2)21-14-18-24(19-15-21)28-26(32)22-12-16-23(27)17-13-22/h12-19H,3-11H2,1-2H3,(H,28,32)(H,30,31)/b29-20-. The van der Waals surface area contributed by atoms with Crippen LogP contribution in [0.2, 0.25) is 5.02 Å². The number of unbranched alkanes of at least 4 members (excludes halogenated alkanes) is 7. The number of hydrazone groups is 1. The number of carbonyl (C=O) groups is 2. The average Bonchev–Trinajstić information content (AvgIpc) is 2.80. The zero-order valence-electron chi connectivity index (χ0n) is 19.1. The Labute approximate surface area is 196 Å². The highest BCUT2D eigenvalue weighted by molar-refractivity contribution is 6.30. The van der Waals surface area contributed by atoms with E-state index >= 15 is 0 Å². The van der Waals surface area contributed by atoms with E-state index in [1.54, 1.807) is 24.3 Å². The second kappa shape index (κ2) is 14.4. The highest BCUT2D eigenvalue weighted by Crippen LogP contribution is 2.14. The summed E-state index contributed by atoms with van der Waals surface area (Å²) >= 11 is 5.86. The van der Waals surface area contributed by atoms with Gasteiger partial charge in [-0.25, -0.2) is 5.43 Å². The Morgan fingerprint density at radius 2 is 1.38 bits per heavy atom. The fourth-order valence-corrected chi connectivity index (χ4v) is 3.41. The lowest BCUT2D eigenvalue weighted by atomic mass is 10.1. The van der Waals surface area contributed by atoms with Gasteiger partial charge in [0, 0.05) is 22.7 Å². The zero-order valence-corrected chi connectivity index (χ0v) is 19.9. The summed E-state index contributed by atoms with van der Waals surface area (Å²) in [5.74, 6) is -0.254. The molecule has 5 nitrogen and oxygen atoms in total. The van der Waals surface area contributed by atoms with Crippen LogP contribution in [0.25, 0.3) is 0 Å². The molecule has 2 N–H and O–H groups in total. The van der Waals surface area contributed by atoms with Crippen molar-refractivity contribution in [2.75, 3.05) is 5.32 Å². The second-order valence-corrected chi connectivity index (χ2v) is 8.43. The lowest BCUT2D eigenvalue weighted by Crippen LogP contribution is -2.18.